The lowest BCUT2D eigenvalue weighted by Crippen LogP contribution is -2.35. The summed E-state index contributed by atoms with van der Waals surface area (Å²) >= 11 is 0. The molecule has 0 spiro atoms. The van der Waals surface area contributed by atoms with Crippen LogP contribution >= 0.6 is 0 Å². The van der Waals surface area contributed by atoms with Gasteiger partial charge in [0.1, 0.15) is 5.65 Å². The summed E-state index contributed by atoms with van der Waals surface area (Å²) in [6.45, 7) is 1.75. The molecule has 4 rings (SSSR count). The smallest absolute Gasteiger partial charge is 0.256 e. The summed E-state index contributed by atoms with van der Waals surface area (Å²) in [6, 6.07) is 0. The molecular formula is C17H24N4O. The number of nitrogens with zero attached hydrogens (tertiary/aromatic N) is 4. The standard InChI is InChI=1S/C17H24N4O/c1-19(10-12-7-8-12)11-21-16-15(9-18-20(16)2)13-5-3-4-6-14(13)17(21)22/h9,12H,3-8,10-11H2,1-2H3. The van der Waals surface area contributed by atoms with Crippen molar-refractivity contribution in [2.75, 3.05) is 13.6 Å². The van der Waals surface area contributed by atoms with Gasteiger partial charge in [-0.05, 0) is 57.1 Å². The second-order valence-electron chi connectivity index (χ2n) is 7.03. The average molecular weight is 300 g/mol. The molecule has 2 aromatic heterocycles. The van der Waals surface area contributed by atoms with Gasteiger partial charge in [-0.15, -0.1) is 0 Å². The molecule has 1 saturated carbocycles. The molecule has 0 N–H and O–H groups in total. The van der Waals surface area contributed by atoms with Crippen LogP contribution in [0.1, 0.15) is 36.8 Å². The highest BCUT2D eigenvalue weighted by molar-refractivity contribution is 5.80. The molecule has 0 aliphatic heterocycles. The topological polar surface area (TPSA) is 43.1 Å². The summed E-state index contributed by atoms with van der Waals surface area (Å²) in [5.74, 6) is 0.834. The number of rotatable bonds is 4. The van der Waals surface area contributed by atoms with E-state index in [1.54, 1.807) is 0 Å². The van der Waals surface area contributed by atoms with Crippen molar-refractivity contribution in [2.45, 2.75) is 45.2 Å². The van der Waals surface area contributed by atoms with Gasteiger partial charge in [-0.1, -0.05) is 0 Å². The number of hydrogen-bond acceptors (Lipinski definition) is 3. The first-order valence-corrected chi connectivity index (χ1v) is 8.40. The van der Waals surface area contributed by atoms with E-state index in [2.05, 4.69) is 17.0 Å². The maximum atomic E-state index is 13.0. The van der Waals surface area contributed by atoms with Crippen molar-refractivity contribution in [3.8, 4) is 0 Å². The molecular weight excluding hydrogens is 276 g/mol. The molecule has 2 heterocycles. The van der Waals surface area contributed by atoms with Crippen molar-refractivity contribution in [1.82, 2.24) is 19.2 Å². The molecule has 0 atom stereocenters. The molecule has 22 heavy (non-hydrogen) atoms. The molecule has 2 aliphatic rings. The Kier molecular flexibility index (Phi) is 3.33. The summed E-state index contributed by atoms with van der Waals surface area (Å²) < 4.78 is 3.80. The third-order valence-electron chi connectivity index (χ3n) is 5.11. The first-order chi connectivity index (χ1) is 10.6. The van der Waals surface area contributed by atoms with Crippen molar-refractivity contribution in [1.29, 1.82) is 0 Å². The Hall–Kier alpha value is -1.62. The van der Waals surface area contributed by atoms with Gasteiger partial charge in [0, 0.05) is 24.5 Å². The second kappa shape index (κ2) is 5.23. The number of aryl methyl sites for hydroxylation is 2. The fraction of sp³-hybridized carbons (Fsp3) is 0.647. The Morgan fingerprint density at radius 3 is 2.73 bits per heavy atom. The molecule has 1 fully saturated rings. The first kappa shape index (κ1) is 14.0. The molecule has 2 aliphatic carbocycles. The number of pyridine rings is 1. The van der Waals surface area contributed by atoms with Gasteiger partial charge in [-0.2, -0.15) is 5.10 Å². The van der Waals surface area contributed by atoms with Crippen molar-refractivity contribution in [2.24, 2.45) is 13.0 Å². The normalized spacial score (nSPS) is 18.1. The molecule has 2 aromatic rings. The van der Waals surface area contributed by atoms with Gasteiger partial charge < -0.3 is 0 Å². The Morgan fingerprint density at radius 2 is 2.00 bits per heavy atom. The molecule has 5 heteroatoms. The first-order valence-electron chi connectivity index (χ1n) is 8.40. The van der Waals surface area contributed by atoms with Crippen molar-refractivity contribution < 1.29 is 0 Å². The van der Waals surface area contributed by atoms with Crippen molar-refractivity contribution in [3.63, 3.8) is 0 Å². The van der Waals surface area contributed by atoms with E-state index in [1.807, 2.05) is 22.5 Å². The van der Waals surface area contributed by atoms with E-state index >= 15 is 0 Å². The fourth-order valence-corrected chi connectivity index (χ4v) is 3.83. The third kappa shape index (κ3) is 2.28. The SMILES string of the molecule is CN(CC1CC1)Cn1c(=O)c2c(c3cnn(C)c31)CCCC2. The third-order valence-corrected chi connectivity index (χ3v) is 5.11. The minimum absolute atomic E-state index is 0.202. The summed E-state index contributed by atoms with van der Waals surface area (Å²) in [5, 5.41) is 5.60. The number of hydrogen-bond donors (Lipinski definition) is 0. The predicted octanol–water partition coefficient (Wildman–Crippen LogP) is 1.91. The van der Waals surface area contributed by atoms with Crippen LogP contribution in [-0.2, 0) is 26.6 Å². The largest absolute Gasteiger partial charge is 0.288 e. The van der Waals surface area contributed by atoms with Crippen LogP contribution in [0.3, 0.4) is 0 Å². The molecule has 5 nitrogen and oxygen atoms in total. The van der Waals surface area contributed by atoms with Crippen LogP contribution in [-0.4, -0.2) is 32.8 Å². The van der Waals surface area contributed by atoms with Gasteiger partial charge >= 0.3 is 0 Å². The second-order valence-corrected chi connectivity index (χ2v) is 7.03. The van der Waals surface area contributed by atoms with Crippen LogP contribution in [0.5, 0.6) is 0 Å². The van der Waals surface area contributed by atoms with Crippen LogP contribution in [0.4, 0.5) is 0 Å². The summed E-state index contributed by atoms with van der Waals surface area (Å²) in [7, 11) is 4.06. The van der Waals surface area contributed by atoms with Crippen LogP contribution in [0.25, 0.3) is 11.0 Å². The molecule has 0 unspecified atom stereocenters. The van der Waals surface area contributed by atoms with E-state index in [4.69, 9.17) is 0 Å². The highest BCUT2D eigenvalue weighted by Crippen LogP contribution is 2.30. The molecule has 0 radical (unpaired) electrons. The highest BCUT2D eigenvalue weighted by atomic mass is 16.1. The van der Waals surface area contributed by atoms with E-state index < -0.39 is 0 Å². The Morgan fingerprint density at radius 1 is 1.27 bits per heavy atom. The van der Waals surface area contributed by atoms with Crippen molar-refractivity contribution in [3.05, 3.63) is 27.7 Å². The maximum absolute atomic E-state index is 13.0. The molecule has 118 valence electrons. The van der Waals surface area contributed by atoms with E-state index in [1.165, 1.54) is 30.2 Å². The Labute approximate surface area is 130 Å². The van der Waals surface area contributed by atoms with Crippen LogP contribution in [0.15, 0.2) is 11.0 Å². The van der Waals surface area contributed by atoms with Crippen molar-refractivity contribution >= 4 is 11.0 Å². The fourth-order valence-electron chi connectivity index (χ4n) is 3.83. The molecule has 0 saturated heterocycles. The lowest BCUT2D eigenvalue weighted by Gasteiger charge is -2.23. The van der Waals surface area contributed by atoms with E-state index in [9.17, 15) is 4.79 Å². The van der Waals surface area contributed by atoms with Gasteiger partial charge in [0.05, 0.1) is 12.9 Å². The van der Waals surface area contributed by atoms with Crippen LogP contribution in [0.2, 0.25) is 0 Å². The minimum Gasteiger partial charge on any atom is -0.288 e. The van der Waals surface area contributed by atoms with E-state index in [0.29, 0.717) is 6.67 Å². The van der Waals surface area contributed by atoms with Gasteiger partial charge in [0.15, 0.2) is 0 Å². The van der Waals surface area contributed by atoms with Gasteiger partial charge in [0.25, 0.3) is 5.56 Å². The quantitative estimate of drug-likeness (QED) is 0.866. The maximum Gasteiger partial charge on any atom is 0.256 e. The lowest BCUT2D eigenvalue weighted by atomic mass is 9.91. The molecule has 0 bridgehead atoms. The predicted molar refractivity (Wildman–Crippen MR) is 87.0 cm³/mol. The molecule has 0 aromatic carbocycles. The zero-order valence-electron chi connectivity index (χ0n) is 13.5. The summed E-state index contributed by atoms with van der Waals surface area (Å²) in [4.78, 5) is 15.3. The van der Waals surface area contributed by atoms with E-state index in [0.717, 1.165) is 42.9 Å². The van der Waals surface area contributed by atoms with E-state index in [-0.39, 0.29) is 5.56 Å². The lowest BCUT2D eigenvalue weighted by molar-refractivity contribution is 0.256. The number of aromatic nitrogens is 3. The zero-order valence-corrected chi connectivity index (χ0v) is 13.5. The Balaban J connectivity index is 1.83. The highest BCUT2D eigenvalue weighted by Gasteiger charge is 2.25. The zero-order chi connectivity index (χ0) is 15.3. The van der Waals surface area contributed by atoms with Gasteiger partial charge in [-0.3, -0.25) is 18.9 Å². The monoisotopic (exact) mass is 300 g/mol. The van der Waals surface area contributed by atoms with Crippen LogP contribution < -0.4 is 5.56 Å². The summed E-state index contributed by atoms with van der Waals surface area (Å²) in [6.07, 6.45) is 8.87. The summed E-state index contributed by atoms with van der Waals surface area (Å²) in [5.41, 5.74) is 3.47. The van der Waals surface area contributed by atoms with Gasteiger partial charge in [0.2, 0.25) is 0 Å². The van der Waals surface area contributed by atoms with Gasteiger partial charge in [-0.25, -0.2) is 0 Å². The number of fused-ring (bicyclic) bond motifs is 3. The molecule has 0 amide bonds. The minimum atomic E-state index is 0.202. The van der Waals surface area contributed by atoms with Crippen LogP contribution in [0, 0.1) is 5.92 Å². The average Bonchev–Trinajstić information content (AvgIpc) is 3.24. The Bertz CT molecular complexity index is 769.